The first-order valence-corrected chi connectivity index (χ1v) is 8.12. The van der Waals surface area contributed by atoms with Crippen molar-refractivity contribution < 1.29 is 27.5 Å². The number of carbonyl (C=O) groups is 2. The molecular weight excluding hydrogens is 387 g/mol. The van der Waals surface area contributed by atoms with Crippen molar-refractivity contribution in [1.82, 2.24) is 9.88 Å². The zero-order valence-electron chi connectivity index (χ0n) is 13.6. The Labute approximate surface area is 156 Å². The van der Waals surface area contributed by atoms with Gasteiger partial charge in [-0.1, -0.05) is 23.7 Å². The first kappa shape index (κ1) is 19.0. The number of amides is 2. The van der Waals surface area contributed by atoms with Crippen LogP contribution in [0.2, 0.25) is 5.02 Å². The Morgan fingerprint density at radius 3 is 2.48 bits per heavy atom. The van der Waals surface area contributed by atoms with Gasteiger partial charge in [-0.2, -0.15) is 0 Å². The highest BCUT2D eigenvalue weighted by molar-refractivity contribution is 6.30. The second-order valence-electron chi connectivity index (χ2n) is 5.79. The molecule has 2 amide bonds. The van der Waals surface area contributed by atoms with E-state index in [0.717, 1.165) is 11.0 Å². The van der Waals surface area contributed by atoms with Crippen molar-refractivity contribution in [3.05, 3.63) is 64.2 Å². The molecular formula is C17H13ClF3N3O3. The topological polar surface area (TPSA) is 85.5 Å². The number of carbonyl (C=O) groups excluding carboxylic acids is 2. The lowest BCUT2D eigenvalue weighted by molar-refractivity contribution is -0.124. The molecule has 0 aliphatic carbocycles. The van der Waals surface area contributed by atoms with E-state index in [0.29, 0.717) is 10.6 Å². The smallest absolute Gasteiger partial charge is 0.411 e. The molecule has 1 aliphatic rings. The summed E-state index contributed by atoms with van der Waals surface area (Å²) < 4.78 is 44.7. The molecule has 2 N–H and O–H groups in total. The Morgan fingerprint density at radius 1 is 1.26 bits per heavy atom. The number of nitrogens with zero attached hydrogens (tertiary/aromatic N) is 2. The van der Waals surface area contributed by atoms with Gasteiger partial charge in [-0.25, -0.2) is 22.9 Å². The Bertz CT molecular complexity index is 879. The van der Waals surface area contributed by atoms with Crippen LogP contribution in [0.25, 0.3) is 0 Å². The number of benzene rings is 1. The summed E-state index contributed by atoms with van der Waals surface area (Å²) in [5, 5.41) is 0.414. The fourth-order valence-corrected chi connectivity index (χ4v) is 2.90. The number of aromatic nitrogens is 1. The van der Waals surface area contributed by atoms with Crippen LogP contribution in [0.1, 0.15) is 29.4 Å². The highest BCUT2D eigenvalue weighted by atomic mass is 35.5. The number of hydrogen-bond acceptors (Lipinski definition) is 4. The predicted octanol–water partition coefficient (Wildman–Crippen LogP) is 3.21. The average Bonchev–Trinajstić information content (AvgIpc) is 3.00. The lowest BCUT2D eigenvalue weighted by Gasteiger charge is -2.26. The monoisotopic (exact) mass is 399 g/mol. The maximum Gasteiger partial charge on any atom is 0.411 e. The third kappa shape index (κ3) is 3.82. The number of halogens is 4. The highest BCUT2D eigenvalue weighted by Gasteiger charge is 2.41. The number of primary amides is 1. The summed E-state index contributed by atoms with van der Waals surface area (Å²) in [4.78, 5) is 28.4. The Balaban J connectivity index is 2.09. The maximum absolute atomic E-state index is 13.6. The average molecular weight is 400 g/mol. The zero-order valence-corrected chi connectivity index (χ0v) is 14.4. The van der Waals surface area contributed by atoms with Gasteiger partial charge in [0.05, 0.1) is 12.2 Å². The molecule has 0 bridgehead atoms. The van der Waals surface area contributed by atoms with Crippen LogP contribution in [0.5, 0.6) is 0 Å². The molecule has 2 aromatic rings. The minimum absolute atomic E-state index is 0.0175. The molecule has 3 rings (SSSR count). The Kier molecular flexibility index (Phi) is 5.22. The third-order valence-corrected chi connectivity index (χ3v) is 4.29. The number of cyclic esters (lactones) is 1. The first-order valence-electron chi connectivity index (χ1n) is 7.74. The summed E-state index contributed by atoms with van der Waals surface area (Å²) in [5.41, 5.74) is 4.58. The number of rotatable bonds is 5. The summed E-state index contributed by atoms with van der Waals surface area (Å²) in [6, 6.07) is 7.22. The van der Waals surface area contributed by atoms with Crippen LogP contribution in [0.15, 0.2) is 36.4 Å². The highest BCUT2D eigenvalue weighted by Crippen LogP contribution is 2.33. The number of nitrogens with two attached hydrogens (primary N) is 1. The van der Waals surface area contributed by atoms with Crippen LogP contribution in [0.3, 0.4) is 0 Å². The predicted molar refractivity (Wildman–Crippen MR) is 88.6 cm³/mol. The normalized spacial score (nSPS) is 17.9. The van der Waals surface area contributed by atoms with Crippen molar-refractivity contribution in [1.29, 1.82) is 0 Å². The van der Waals surface area contributed by atoms with Crippen LogP contribution in [-0.2, 0) is 9.53 Å². The number of alkyl halides is 2. The van der Waals surface area contributed by atoms with Gasteiger partial charge < -0.3 is 10.5 Å². The largest absolute Gasteiger partial charge is 0.434 e. The minimum Gasteiger partial charge on any atom is -0.434 e. The fourth-order valence-electron chi connectivity index (χ4n) is 2.77. The molecule has 0 saturated carbocycles. The van der Waals surface area contributed by atoms with Crippen LogP contribution >= 0.6 is 11.6 Å². The number of pyridine rings is 1. The van der Waals surface area contributed by atoms with Crippen molar-refractivity contribution in [2.45, 2.75) is 18.6 Å². The molecule has 2 atom stereocenters. The Hall–Kier alpha value is -2.81. The summed E-state index contributed by atoms with van der Waals surface area (Å²) in [5.74, 6) is -2.01. The van der Waals surface area contributed by atoms with Crippen LogP contribution in [0.4, 0.5) is 18.0 Å². The summed E-state index contributed by atoms with van der Waals surface area (Å²) in [6.45, 7) is -0.204. The summed E-state index contributed by atoms with van der Waals surface area (Å²) in [7, 11) is 0. The van der Waals surface area contributed by atoms with Gasteiger partial charge in [0.1, 0.15) is 11.7 Å². The van der Waals surface area contributed by atoms with E-state index in [9.17, 15) is 22.8 Å². The van der Waals surface area contributed by atoms with Crippen molar-refractivity contribution in [2.75, 3.05) is 6.54 Å². The van der Waals surface area contributed by atoms with Crippen LogP contribution in [-0.4, -0.2) is 34.5 Å². The maximum atomic E-state index is 13.6. The van der Waals surface area contributed by atoms with Gasteiger partial charge in [0.25, 0.3) is 12.3 Å². The molecule has 142 valence electrons. The van der Waals surface area contributed by atoms with E-state index >= 15 is 0 Å². The van der Waals surface area contributed by atoms with Crippen LogP contribution in [0, 0.1) is 5.82 Å². The van der Waals surface area contributed by atoms with Gasteiger partial charge in [-0.15, -0.1) is 0 Å². The second kappa shape index (κ2) is 7.43. The van der Waals surface area contributed by atoms with Gasteiger partial charge in [-0.3, -0.25) is 9.69 Å². The van der Waals surface area contributed by atoms with E-state index in [-0.39, 0.29) is 12.2 Å². The molecule has 1 aromatic carbocycles. The lowest BCUT2D eigenvalue weighted by atomic mass is 10.0. The molecule has 27 heavy (non-hydrogen) atoms. The van der Waals surface area contributed by atoms with Gasteiger partial charge in [0.15, 0.2) is 11.9 Å². The van der Waals surface area contributed by atoms with Gasteiger partial charge >= 0.3 is 6.09 Å². The van der Waals surface area contributed by atoms with E-state index in [1.807, 2.05) is 0 Å². The van der Waals surface area contributed by atoms with Gasteiger partial charge in [0.2, 0.25) is 0 Å². The van der Waals surface area contributed by atoms with Gasteiger partial charge in [-0.05, 0) is 29.8 Å². The molecule has 0 radical (unpaired) electrons. The molecule has 1 fully saturated rings. The molecule has 2 heterocycles. The molecule has 10 heteroatoms. The van der Waals surface area contributed by atoms with E-state index < -0.39 is 42.1 Å². The summed E-state index contributed by atoms with van der Waals surface area (Å²) >= 11 is 5.87. The molecule has 1 unspecified atom stereocenters. The fraction of sp³-hybridized carbons (Fsp3) is 0.235. The van der Waals surface area contributed by atoms with E-state index in [4.69, 9.17) is 22.1 Å². The molecule has 1 aromatic heterocycles. The third-order valence-electron chi connectivity index (χ3n) is 4.04. The molecule has 6 nitrogen and oxygen atoms in total. The first-order chi connectivity index (χ1) is 12.8. The second-order valence-corrected chi connectivity index (χ2v) is 6.22. The van der Waals surface area contributed by atoms with Crippen molar-refractivity contribution in [3.8, 4) is 0 Å². The quantitative estimate of drug-likeness (QED) is 0.836. The van der Waals surface area contributed by atoms with Crippen LogP contribution < -0.4 is 5.73 Å². The SMILES string of the molecule is NC(=O)C1CN([C@@H](c2ccc(Cl)cc2)c2ccc(F)c(C(F)F)n2)C(=O)O1. The molecule has 1 aliphatic heterocycles. The van der Waals surface area contributed by atoms with Crippen molar-refractivity contribution in [3.63, 3.8) is 0 Å². The number of hydrogen-bond donors (Lipinski definition) is 1. The van der Waals surface area contributed by atoms with E-state index in [1.165, 1.54) is 18.2 Å². The minimum atomic E-state index is -3.14. The standard InChI is InChI=1S/C17H13ClF3N3O3/c18-9-3-1-8(2-4-9)14(24-7-12(16(22)25)27-17(24)26)11-6-5-10(19)13(23-11)15(20)21/h1-6,12,14-15H,7H2,(H2,22,25)/t12?,14-/m0/s1. The van der Waals surface area contributed by atoms with Gasteiger partial charge in [0, 0.05) is 5.02 Å². The lowest BCUT2D eigenvalue weighted by Crippen LogP contribution is -2.35. The zero-order chi connectivity index (χ0) is 19.7. The number of ether oxygens (including phenoxy) is 1. The van der Waals surface area contributed by atoms with Crippen molar-refractivity contribution in [2.24, 2.45) is 5.73 Å². The summed E-state index contributed by atoms with van der Waals surface area (Å²) in [6.07, 6.45) is -5.20. The molecule has 1 saturated heterocycles. The van der Waals surface area contributed by atoms with E-state index in [1.54, 1.807) is 12.1 Å². The Morgan fingerprint density at radius 2 is 1.93 bits per heavy atom. The van der Waals surface area contributed by atoms with Crippen molar-refractivity contribution >= 4 is 23.6 Å². The van der Waals surface area contributed by atoms with E-state index in [2.05, 4.69) is 4.98 Å². The molecule has 0 spiro atoms.